The van der Waals surface area contributed by atoms with Gasteiger partial charge >= 0.3 is 5.97 Å². The Morgan fingerprint density at radius 1 is 1.04 bits per heavy atom. The first-order valence-electron chi connectivity index (χ1n) is 7.10. The molecule has 0 aliphatic heterocycles. The van der Waals surface area contributed by atoms with Crippen LogP contribution in [0.4, 0.5) is 11.4 Å². The Morgan fingerprint density at radius 3 is 2.29 bits per heavy atom. The third kappa shape index (κ3) is 3.24. The monoisotopic (exact) mass is 328 g/mol. The van der Waals surface area contributed by atoms with E-state index in [0.717, 1.165) is 0 Å². The fraction of sp³-hybridized carbons (Fsp3) is 0.176. The van der Waals surface area contributed by atoms with Crippen LogP contribution < -0.4 is 5.32 Å². The molecule has 7 heteroatoms. The zero-order valence-electron chi connectivity index (χ0n) is 13.5. The summed E-state index contributed by atoms with van der Waals surface area (Å²) in [6, 6.07) is 9.17. The molecule has 2 rings (SSSR count). The van der Waals surface area contributed by atoms with Gasteiger partial charge in [-0.05, 0) is 37.6 Å². The second kappa shape index (κ2) is 6.91. The van der Waals surface area contributed by atoms with E-state index in [1.807, 2.05) is 0 Å². The molecule has 2 aromatic rings. The van der Waals surface area contributed by atoms with Gasteiger partial charge in [0.2, 0.25) is 0 Å². The van der Waals surface area contributed by atoms with Crippen LogP contribution in [0.3, 0.4) is 0 Å². The fourth-order valence-corrected chi connectivity index (χ4v) is 2.36. The minimum atomic E-state index is -0.533. The Labute approximate surface area is 138 Å². The van der Waals surface area contributed by atoms with Crippen molar-refractivity contribution in [2.24, 2.45) is 0 Å². The van der Waals surface area contributed by atoms with Crippen LogP contribution in [0.15, 0.2) is 36.4 Å². The van der Waals surface area contributed by atoms with Crippen molar-refractivity contribution in [3.8, 4) is 0 Å². The van der Waals surface area contributed by atoms with Gasteiger partial charge in [0.15, 0.2) is 0 Å². The second-order valence-electron chi connectivity index (χ2n) is 5.13. The van der Waals surface area contributed by atoms with E-state index in [1.165, 1.54) is 32.2 Å². The van der Waals surface area contributed by atoms with Gasteiger partial charge < -0.3 is 10.1 Å². The number of nitro groups is 1. The van der Waals surface area contributed by atoms with E-state index in [9.17, 15) is 19.7 Å². The van der Waals surface area contributed by atoms with Crippen molar-refractivity contribution in [3.05, 3.63) is 68.8 Å². The molecular weight excluding hydrogens is 312 g/mol. The Morgan fingerprint density at radius 2 is 1.67 bits per heavy atom. The van der Waals surface area contributed by atoms with Crippen LogP contribution in [0, 0.1) is 24.0 Å². The minimum Gasteiger partial charge on any atom is -0.465 e. The number of methoxy groups -OCH3 is 1. The summed E-state index contributed by atoms with van der Waals surface area (Å²) in [5.41, 5.74) is 1.69. The summed E-state index contributed by atoms with van der Waals surface area (Å²) in [6.45, 7) is 3.20. The summed E-state index contributed by atoms with van der Waals surface area (Å²) in [6.07, 6.45) is 0. The number of ether oxygens (including phenoxy) is 1. The maximum Gasteiger partial charge on any atom is 0.338 e. The first-order valence-corrected chi connectivity index (χ1v) is 7.10. The van der Waals surface area contributed by atoms with Gasteiger partial charge in [-0.1, -0.05) is 12.1 Å². The molecule has 0 bridgehead atoms. The number of rotatable bonds is 4. The predicted octanol–water partition coefficient (Wildman–Crippen LogP) is 3.25. The maximum atomic E-state index is 12.5. The molecule has 0 saturated heterocycles. The maximum absolute atomic E-state index is 12.5. The van der Waals surface area contributed by atoms with Gasteiger partial charge in [0.05, 0.1) is 17.6 Å². The summed E-state index contributed by atoms with van der Waals surface area (Å²) in [7, 11) is 1.28. The van der Waals surface area contributed by atoms with Crippen molar-refractivity contribution in [3.63, 3.8) is 0 Å². The summed E-state index contributed by atoms with van der Waals surface area (Å²) in [4.78, 5) is 34.6. The lowest BCUT2D eigenvalue weighted by atomic mass is 10.0. The molecular formula is C17H16N2O5. The van der Waals surface area contributed by atoms with E-state index in [2.05, 4.69) is 5.32 Å². The van der Waals surface area contributed by atoms with E-state index in [1.54, 1.807) is 25.1 Å². The zero-order valence-corrected chi connectivity index (χ0v) is 13.5. The third-order valence-electron chi connectivity index (χ3n) is 3.73. The van der Waals surface area contributed by atoms with Crippen molar-refractivity contribution >= 4 is 23.3 Å². The topological polar surface area (TPSA) is 98.5 Å². The highest BCUT2D eigenvalue weighted by Crippen LogP contribution is 2.24. The lowest BCUT2D eigenvalue weighted by molar-refractivity contribution is -0.385. The number of esters is 1. The van der Waals surface area contributed by atoms with E-state index < -0.39 is 16.8 Å². The molecule has 1 amide bonds. The van der Waals surface area contributed by atoms with Gasteiger partial charge in [-0.15, -0.1) is 0 Å². The molecule has 0 aliphatic carbocycles. The second-order valence-corrected chi connectivity index (χ2v) is 5.13. The fourth-order valence-electron chi connectivity index (χ4n) is 2.36. The number of benzene rings is 2. The Bertz CT molecular complexity index is 830. The quantitative estimate of drug-likeness (QED) is 0.527. The van der Waals surface area contributed by atoms with Crippen LogP contribution in [0.5, 0.6) is 0 Å². The molecule has 7 nitrogen and oxygen atoms in total. The number of hydrogen-bond donors (Lipinski definition) is 1. The van der Waals surface area contributed by atoms with E-state index in [0.29, 0.717) is 16.8 Å². The number of nitrogens with zero attached hydrogens (tertiary/aromatic N) is 1. The van der Waals surface area contributed by atoms with Crippen molar-refractivity contribution in [1.29, 1.82) is 0 Å². The molecule has 1 N–H and O–H groups in total. The van der Waals surface area contributed by atoms with E-state index in [4.69, 9.17) is 4.74 Å². The van der Waals surface area contributed by atoms with Gasteiger partial charge in [-0.25, -0.2) is 4.79 Å². The number of anilines is 1. The average Bonchev–Trinajstić information content (AvgIpc) is 2.55. The molecule has 0 atom stereocenters. The highest BCUT2D eigenvalue weighted by Gasteiger charge is 2.19. The molecule has 0 aromatic heterocycles. The van der Waals surface area contributed by atoms with Gasteiger partial charge in [0.25, 0.3) is 11.6 Å². The number of nitro benzene ring substituents is 1. The largest absolute Gasteiger partial charge is 0.465 e. The molecule has 0 saturated carbocycles. The summed E-state index contributed by atoms with van der Waals surface area (Å²) >= 11 is 0. The molecule has 0 fully saturated rings. The van der Waals surface area contributed by atoms with Crippen LogP contribution in [0.25, 0.3) is 0 Å². The van der Waals surface area contributed by atoms with Gasteiger partial charge in [-0.3, -0.25) is 14.9 Å². The van der Waals surface area contributed by atoms with Gasteiger partial charge in [0.1, 0.15) is 0 Å². The van der Waals surface area contributed by atoms with Gasteiger partial charge in [0, 0.05) is 22.9 Å². The van der Waals surface area contributed by atoms with Gasteiger partial charge in [-0.2, -0.15) is 0 Å². The van der Waals surface area contributed by atoms with Crippen LogP contribution in [0.1, 0.15) is 31.8 Å². The average molecular weight is 328 g/mol. The summed E-state index contributed by atoms with van der Waals surface area (Å²) < 4.78 is 4.70. The zero-order chi connectivity index (χ0) is 17.9. The van der Waals surface area contributed by atoms with Crippen molar-refractivity contribution < 1.29 is 19.2 Å². The first kappa shape index (κ1) is 17.1. The van der Waals surface area contributed by atoms with Crippen LogP contribution in [-0.2, 0) is 4.74 Å². The normalized spacial score (nSPS) is 10.1. The smallest absolute Gasteiger partial charge is 0.338 e. The molecule has 0 aliphatic rings. The van der Waals surface area contributed by atoms with E-state index >= 15 is 0 Å². The third-order valence-corrected chi connectivity index (χ3v) is 3.73. The first-order chi connectivity index (χ1) is 11.4. The summed E-state index contributed by atoms with van der Waals surface area (Å²) in [5.74, 6) is -0.989. The molecule has 24 heavy (non-hydrogen) atoms. The Kier molecular flexibility index (Phi) is 4.93. The van der Waals surface area contributed by atoms with Crippen LogP contribution in [-0.4, -0.2) is 23.9 Å². The SMILES string of the molecule is COC(=O)c1cccc(NC(=O)c2cccc([N+](=O)[O-])c2C)c1C. The summed E-state index contributed by atoms with van der Waals surface area (Å²) in [5, 5.41) is 13.7. The molecule has 0 spiro atoms. The van der Waals surface area contributed by atoms with Crippen molar-refractivity contribution in [1.82, 2.24) is 0 Å². The lowest BCUT2D eigenvalue weighted by Gasteiger charge is -2.12. The predicted molar refractivity (Wildman–Crippen MR) is 88.3 cm³/mol. The number of carbonyl (C=O) groups is 2. The lowest BCUT2D eigenvalue weighted by Crippen LogP contribution is -2.16. The van der Waals surface area contributed by atoms with Crippen LogP contribution >= 0.6 is 0 Å². The molecule has 0 radical (unpaired) electrons. The van der Waals surface area contributed by atoms with Crippen molar-refractivity contribution in [2.75, 3.05) is 12.4 Å². The molecule has 0 heterocycles. The highest BCUT2D eigenvalue weighted by molar-refractivity contribution is 6.07. The molecule has 0 unspecified atom stereocenters. The highest BCUT2D eigenvalue weighted by atomic mass is 16.6. The number of hydrogen-bond acceptors (Lipinski definition) is 5. The standard InChI is InChI=1S/C17H16N2O5/c1-10-13(17(21)24-3)7-4-8-14(10)18-16(20)12-6-5-9-15(11(12)2)19(22)23/h4-9H,1-3H3,(H,18,20). The Hall–Kier alpha value is -3.22. The Balaban J connectivity index is 2.36. The molecule has 124 valence electrons. The van der Waals surface area contributed by atoms with Crippen molar-refractivity contribution in [2.45, 2.75) is 13.8 Å². The minimum absolute atomic E-state index is 0.123. The van der Waals surface area contributed by atoms with Crippen LogP contribution in [0.2, 0.25) is 0 Å². The van der Waals surface area contributed by atoms with E-state index in [-0.39, 0.29) is 16.8 Å². The number of carbonyl (C=O) groups excluding carboxylic acids is 2. The number of nitrogens with one attached hydrogen (secondary N) is 1. The number of amides is 1. The molecule has 2 aromatic carbocycles.